The van der Waals surface area contributed by atoms with Crippen LogP contribution in [-0.2, 0) is 6.42 Å². The van der Waals surface area contributed by atoms with E-state index in [1.54, 1.807) is 6.07 Å². The molecule has 1 aromatic heterocycles. The molecular formula is C15H11FN2O3. The second kappa shape index (κ2) is 4.97. The summed E-state index contributed by atoms with van der Waals surface area (Å²) in [5.41, 5.74) is 1.43. The molecule has 21 heavy (non-hydrogen) atoms. The summed E-state index contributed by atoms with van der Waals surface area (Å²) in [6, 6.07) is 5.95. The number of hydrogen-bond acceptors (Lipinski definition) is 3. The Morgan fingerprint density at radius 3 is 2.81 bits per heavy atom. The normalized spacial score (nSPS) is 13.1. The van der Waals surface area contributed by atoms with Gasteiger partial charge in [-0.15, -0.1) is 0 Å². The molecule has 1 amide bonds. The van der Waals surface area contributed by atoms with Gasteiger partial charge in [0.1, 0.15) is 0 Å². The van der Waals surface area contributed by atoms with Crippen LogP contribution < -0.4 is 4.90 Å². The first kappa shape index (κ1) is 13.2. The number of rotatable bonds is 2. The molecule has 0 atom stereocenters. The van der Waals surface area contributed by atoms with Crippen molar-refractivity contribution in [1.29, 1.82) is 0 Å². The molecule has 1 aliphatic rings. The summed E-state index contributed by atoms with van der Waals surface area (Å²) < 4.78 is 13.7. The van der Waals surface area contributed by atoms with E-state index < -0.39 is 17.7 Å². The Morgan fingerprint density at radius 2 is 2.10 bits per heavy atom. The molecule has 6 heteroatoms. The number of aromatic nitrogens is 1. The van der Waals surface area contributed by atoms with Crippen molar-refractivity contribution in [3.8, 4) is 0 Å². The van der Waals surface area contributed by atoms with E-state index in [2.05, 4.69) is 4.98 Å². The van der Waals surface area contributed by atoms with Crippen LogP contribution in [0.3, 0.4) is 0 Å². The molecule has 0 spiro atoms. The first-order chi connectivity index (χ1) is 10.1. The molecule has 0 unspecified atom stereocenters. The highest BCUT2D eigenvalue weighted by molar-refractivity contribution is 6.08. The topological polar surface area (TPSA) is 70.5 Å². The molecule has 0 fully saturated rings. The summed E-state index contributed by atoms with van der Waals surface area (Å²) in [4.78, 5) is 28.5. The molecule has 2 aromatic rings. The summed E-state index contributed by atoms with van der Waals surface area (Å²) in [6.45, 7) is 0.402. The highest BCUT2D eigenvalue weighted by Crippen LogP contribution is 2.30. The zero-order valence-corrected chi connectivity index (χ0v) is 10.9. The number of carbonyl (C=O) groups excluding carboxylic acids is 1. The Kier molecular flexibility index (Phi) is 3.13. The molecule has 0 saturated heterocycles. The maximum Gasteiger partial charge on any atom is 0.335 e. The van der Waals surface area contributed by atoms with E-state index in [1.165, 1.54) is 29.3 Å². The summed E-state index contributed by atoms with van der Waals surface area (Å²) in [5, 5.41) is 9.03. The van der Waals surface area contributed by atoms with E-state index in [9.17, 15) is 14.0 Å². The Morgan fingerprint density at radius 1 is 1.29 bits per heavy atom. The van der Waals surface area contributed by atoms with Crippen LogP contribution in [0, 0.1) is 5.82 Å². The van der Waals surface area contributed by atoms with E-state index >= 15 is 0 Å². The van der Waals surface area contributed by atoms with Gasteiger partial charge in [-0.1, -0.05) is 6.07 Å². The van der Waals surface area contributed by atoms with Crippen molar-refractivity contribution >= 4 is 17.6 Å². The van der Waals surface area contributed by atoms with Crippen molar-refractivity contribution in [2.24, 2.45) is 0 Å². The van der Waals surface area contributed by atoms with Crippen LogP contribution >= 0.6 is 0 Å². The predicted octanol–water partition coefficient (Wildman–Crippen LogP) is 2.12. The third kappa shape index (κ3) is 2.24. The number of amides is 1. The van der Waals surface area contributed by atoms with Crippen molar-refractivity contribution < 1.29 is 19.1 Å². The molecule has 1 aromatic carbocycles. The maximum absolute atomic E-state index is 13.7. The largest absolute Gasteiger partial charge is 0.478 e. The summed E-state index contributed by atoms with van der Waals surface area (Å²) in [6.07, 6.45) is 2.95. The van der Waals surface area contributed by atoms with Gasteiger partial charge < -0.3 is 10.0 Å². The second-order valence-electron chi connectivity index (χ2n) is 4.71. The van der Waals surface area contributed by atoms with Crippen LogP contribution in [0.15, 0.2) is 36.7 Å². The number of hydrogen-bond donors (Lipinski definition) is 1. The van der Waals surface area contributed by atoms with Crippen LogP contribution in [0.25, 0.3) is 0 Å². The van der Waals surface area contributed by atoms with E-state index in [0.29, 0.717) is 18.7 Å². The molecular weight excluding hydrogens is 275 g/mol. The van der Waals surface area contributed by atoms with Crippen molar-refractivity contribution in [1.82, 2.24) is 4.98 Å². The second-order valence-corrected chi connectivity index (χ2v) is 4.71. The zero-order valence-electron chi connectivity index (χ0n) is 10.9. The molecule has 0 saturated carbocycles. The van der Waals surface area contributed by atoms with Gasteiger partial charge in [-0.3, -0.25) is 9.78 Å². The highest BCUT2D eigenvalue weighted by Gasteiger charge is 2.28. The Labute approximate surface area is 119 Å². The minimum atomic E-state index is -1.06. The third-order valence-electron chi connectivity index (χ3n) is 3.48. The van der Waals surface area contributed by atoms with E-state index in [-0.39, 0.29) is 11.1 Å². The van der Waals surface area contributed by atoms with Gasteiger partial charge in [-0.2, -0.15) is 0 Å². The lowest BCUT2D eigenvalue weighted by atomic mass is 10.1. The van der Waals surface area contributed by atoms with Crippen LogP contribution in [0.1, 0.15) is 26.3 Å². The summed E-state index contributed by atoms with van der Waals surface area (Å²) in [5.74, 6) is -2.24. The van der Waals surface area contributed by atoms with E-state index in [4.69, 9.17) is 5.11 Å². The average Bonchev–Trinajstić information content (AvgIpc) is 2.90. The molecule has 106 valence electrons. The van der Waals surface area contributed by atoms with Gasteiger partial charge in [0.25, 0.3) is 5.91 Å². The number of anilines is 1. The summed E-state index contributed by atoms with van der Waals surface area (Å²) >= 11 is 0. The van der Waals surface area contributed by atoms with Gasteiger partial charge in [-0.25, -0.2) is 9.18 Å². The number of benzene rings is 1. The third-order valence-corrected chi connectivity index (χ3v) is 3.48. The number of carbonyl (C=O) groups is 2. The van der Waals surface area contributed by atoms with Gasteiger partial charge in [-0.05, 0) is 30.2 Å². The van der Waals surface area contributed by atoms with E-state index in [0.717, 1.165) is 11.8 Å². The van der Waals surface area contributed by atoms with Crippen molar-refractivity contribution in [2.75, 3.05) is 11.4 Å². The minimum Gasteiger partial charge on any atom is -0.478 e. The van der Waals surface area contributed by atoms with Crippen molar-refractivity contribution in [3.05, 3.63) is 59.2 Å². The molecule has 3 rings (SSSR count). The molecule has 0 bridgehead atoms. The SMILES string of the molecule is O=C(O)c1ccc2c(c1)N(C(=O)c1ccncc1F)CC2. The summed E-state index contributed by atoms with van der Waals surface area (Å²) in [7, 11) is 0. The molecule has 2 heterocycles. The van der Waals surface area contributed by atoms with Crippen LogP contribution in [0.2, 0.25) is 0 Å². The first-order valence-electron chi connectivity index (χ1n) is 6.35. The number of aromatic carboxylic acids is 1. The van der Waals surface area contributed by atoms with Crippen molar-refractivity contribution in [3.63, 3.8) is 0 Å². The molecule has 0 radical (unpaired) electrons. The number of pyridine rings is 1. The number of nitrogens with zero attached hydrogens (tertiary/aromatic N) is 2. The van der Waals surface area contributed by atoms with Gasteiger partial charge >= 0.3 is 5.97 Å². The Bertz CT molecular complexity index is 745. The van der Waals surface area contributed by atoms with Crippen LogP contribution in [-0.4, -0.2) is 28.5 Å². The number of fused-ring (bicyclic) bond motifs is 1. The molecule has 5 nitrogen and oxygen atoms in total. The van der Waals surface area contributed by atoms with Crippen LogP contribution in [0.4, 0.5) is 10.1 Å². The van der Waals surface area contributed by atoms with Gasteiger partial charge in [0.05, 0.1) is 17.3 Å². The maximum atomic E-state index is 13.7. The fourth-order valence-corrected chi connectivity index (χ4v) is 2.42. The fourth-order valence-electron chi connectivity index (χ4n) is 2.42. The molecule has 0 aliphatic carbocycles. The lowest BCUT2D eigenvalue weighted by molar-refractivity contribution is 0.0696. The highest BCUT2D eigenvalue weighted by atomic mass is 19.1. The molecule has 1 aliphatic heterocycles. The quantitative estimate of drug-likeness (QED) is 0.918. The predicted molar refractivity (Wildman–Crippen MR) is 73.0 cm³/mol. The Hall–Kier alpha value is -2.76. The van der Waals surface area contributed by atoms with Gasteiger partial charge in [0.2, 0.25) is 0 Å². The monoisotopic (exact) mass is 286 g/mol. The lowest BCUT2D eigenvalue weighted by Gasteiger charge is -2.18. The first-order valence-corrected chi connectivity index (χ1v) is 6.35. The van der Waals surface area contributed by atoms with Crippen molar-refractivity contribution in [2.45, 2.75) is 6.42 Å². The Balaban J connectivity index is 2.01. The fraction of sp³-hybridized carbons (Fsp3) is 0.133. The minimum absolute atomic E-state index is 0.0708. The van der Waals surface area contributed by atoms with E-state index in [1.807, 2.05) is 0 Å². The zero-order chi connectivity index (χ0) is 15.0. The van der Waals surface area contributed by atoms with Gasteiger partial charge in [0, 0.05) is 18.4 Å². The number of halogens is 1. The lowest BCUT2D eigenvalue weighted by Crippen LogP contribution is -2.29. The number of carboxylic acids is 1. The average molecular weight is 286 g/mol. The smallest absolute Gasteiger partial charge is 0.335 e. The molecule has 1 N–H and O–H groups in total. The van der Waals surface area contributed by atoms with Gasteiger partial charge in [0.15, 0.2) is 5.82 Å². The number of carboxylic acid groups (broad SMARTS) is 1. The standard InChI is InChI=1S/C15H11FN2O3/c16-12-8-17-5-3-11(12)14(19)18-6-4-9-1-2-10(15(20)21)7-13(9)18/h1-3,5,7-8H,4,6H2,(H,20,21). The van der Waals surface area contributed by atoms with Crippen LogP contribution in [0.5, 0.6) is 0 Å².